The predicted octanol–water partition coefficient (Wildman–Crippen LogP) is 7.37. The fourth-order valence-corrected chi connectivity index (χ4v) is 4.04. The minimum atomic E-state index is 0.561. The fourth-order valence-electron chi connectivity index (χ4n) is 4.04. The maximum atomic E-state index is 2.54. The van der Waals surface area contributed by atoms with E-state index in [0.29, 0.717) is 5.41 Å². The lowest BCUT2D eigenvalue weighted by atomic mass is 9.66. The zero-order chi connectivity index (χ0) is 14.8. The molecule has 0 aromatic rings. The molecule has 0 N–H and O–H groups in total. The van der Waals surface area contributed by atoms with Gasteiger partial charge in [0.05, 0.1) is 0 Å². The summed E-state index contributed by atoms with van der Waals surface area (Å²) < 4.78 is 0. The van der Waals surface area contributed by atoms with Crippen LogP contribution < -0.4 is 0 Å². The molecule has 0 aromatic heterocycles. The van der Waals surface area contributed by atoms with E-state index in [4.69, 9.17) is 0 Å². The van der Waals surface area contributed by atoms with Gasteiger partial charge in [-0.3, -0.25) is 0 Å². The number of unbranched alkanes of at least 4 members (excludes halogenated alkanes) is 6. The Morgan fingerprint density at radius 3 is 2.00 bits per heavy atom. The van der Waals surface area contributed by atoms with Gasteiger partial charge >= 0.3 is 0 Å². The van der Waals surface area contributed by atoms with Crippen molar-refractivity contribution in [1.82, 2.24) is 0 Å². The van der Waals surface area contributed by atoms with E-state index in [1.54, 1.807) is 0 Å². The molecule has 0 aliphatic heterocycles. The van der Waals surface area contributed by atoms with E-state index in [0.717, 1.165) is 11.8 Å². The Bertz CT molecular complexity index is 222. The number of hydrogen-bond acceptors (Lipinski definition) is 0. The van der Waals surface area contributed by atoms with Crippen LogP contribution in [0.1, 0.15) is 111 Å². The highest BCUT2D eigenvalue weighted by Crippen LogP contribution is 2.42. The molecule has 1 atom stereocenters. The lowest BCUT2D eigenvalue weighted by Crippen LogP contribution is -2.29. The molecule has 0 heterocycles. The Hall–Kier alpha value is 0. The molecule has 0 saturated heterocycles. The quantitative estimate of drug-likeness (QED) is 0.366. The number of rotatable bonds is 10. The Labute approximate surface area is 129 Å². The summed E-state index contributed by atoms with van der Waals surface area (Å²) in [5.41, 5.74) is 0.561. The Balaban J connectivity index is 2.15. The van der Waals surface area contributed by atoms with Gasteiger partial charge in [-0.05, 0) is 23.7 Å². The van der Waals surface area contributed by atoms with Crippen LogP contribution >= 0.6 is 0 Å². The van der Waals surface area contributed by atoms with Crippen LogP contribution in [0.2, 0.25) is 0 Å². The summed E-state index contributed by atoms with van der Waals surface area (Å²) in [6.45, 7) is 9.90. The van der Waals surface area contributed by atoms with Crippen molar-refractivity contribution in [2.24, 2.45) is 17.3 Å². The molecule has 0 heteroatoms. The molecule has 120 valence electrons. The SMILES string of the molecule is CCCCCCCCCC(C)(C)C(C)C1CCCCC1. The summed E-state index contributed by atoms with van der Waals surface area (Å²) >= 11 is 0. The van der Waals surface area contributed by atoms with Gasteiger partial charge in [-0.15, -0.1) is 0 Å². The Morgan fingerprint density at radius 2 is 1.40 bits per heavy atom. The van der Waals surface area contributed by atoms with Crippen LogP contribution in [0.25, 0.3) is 0 Å². The van der Waals surface area contributed by atoms with E-state index in [1.165, 1.54) is 83.5 Å². The molecular weight excluding hydrogens is 240 g/mol. The maximum absolute atomic E-state index is 2.54. The average Bonchev–Trinajstić information content (AvgIpc) is 2.46. The van der Waals surface area contributed by atoms with Crippen molar-refractivity contribution in [2.45, 2.75) is 111 Å². The molecule has 1 aliphatic rings. The highest BCUT2D eigenvalue weighted by atomic mass is 14.4. The van der Waals surface area contributed by atoms with Gasteiger partial charge < -0.3 is 0 Å². The predicted molar refractivity (Wildman–Crippen MR) is 92.1 cm³/mol. The topological polar surface area (TPSA) is 0 Å². The van der Waals surface area contributed by atoms with E-state index < -0.39 is 0 Å². The van der Waals surface area contributed by atoms with Gasteiger partial charge in [0.15, 0.2) is 0 Å². The molecule has 0 aromatic carbocycles. The smallest absolute Gasteiger partial charge is 0.0326 e. The van der Waals surface area contributed by atoms with Crippen LogP contribution in [-0.4, -0.2) is 0 Å². The third-order valence-corrected chi connectivity index (χ3v) is 6.01. The first-order valence-corrected chi connectivity index (χ1v) is 9.58. The maximum Gasteiger partial charge on any atom is -0.0326 e. The summed E-state index contributed by atoms with van der Waals surface area (Å²) in [6.07, 6.45) is 19.0. The molecule has 1 saturated carbocycles. The van der Waals surface area contributed by atoms with Gasteiger partial charge in [-0.25, -0.2) is 0 Å². The minimum absolute atomic E-state index is 0.561. The summed E-state index contributed by atoms with van der Waals surface area (Å²) in [6, 6.07) is 0. The molecule has 1 fully saturated rings. The van der Waals surface area contributed by atoms with Crippen LogP contribution in [0.5, 0.6) is 0 Å². The minimum Gasteiger partial charge on any atom is -0.0654 e. The van der Waals surface area contributed by atoms with Gasteiger partial charge in [0.25, 0.3) is 0 Å². The van der Waals surface area contributed by atoms with Crippen LogP contribution in [0, 0.1) is 17.3 Å². The van der Waals surface area contributed by atoms with Crippen molar-refractivity contribution in [2.75, 3.05) is 0 Å². The fraction of sp³-hybridized carbons (Fsp3) is 1.00. The lowest BCUT2D eigenvalue weighted by molar-refractivity contribution is 0.112. The van der Waals surface area contributed by atoms with Crippen molar-refractivity contribution >= 4 is 0 Å². The monoisotopic (exact) mass is 280 g/mol. The summed E-state index contributed by atoms with van der Waals surface area (Å²) in [5, 5.41) is 0. The third-order valence-electron chi connectivity index (χ3n) is 6.01. The van der Waals surface area contributed by atoms with Gasteiger partial charge in [-0.1, -0.05) is 105 Å². The van der Waals surface area contributed by atoms with Crippen molar-refractivity contribution in [3.63, 3.8) is 0 Å². The Morgan fingerprint density at radius 1 is 0.850 bits per heavy atom. The van der Waals surface area contributed by atoms with Crippen molar-refractivity contribution in [3.05, 3.63) is 0 Å². The van der Waals surface area contributed by atoms with E-state index in [1.807, 2.05) is 0 Å². The van der Waals surface area contributed by atoms with E-state index in [2.05, 4.69) is 27.7 Å². The normalized spacial score (nSPS) is 19.2. The summed E-state index contributed by atoms with van der Waals surface area (Å²) in [7, 11) is 0. The second-order valence-corrected chi connectivity index (χ2v) is 8.05. The number of hydrogen-bond donors (Lipinski definition) is 0. The van der Waals surface area contributed by atoms with Crippen molar-refractivity contribution in [3.8, 4) is 0 Å². The molecule has 0 radical (unpaired) electrons. The van der Waals surface area contributed by atoms with Gasteiger partial charge in [-0.2, -0.15) is 0 Å². The van der Waals surface area contributed by atoms with Crippen LogP contribution in [-0.2, 0) is 0 Å². The van der Waals surface area contributed by atoms with Gasteiger partial charge in [0.2, 0.25) is 0 Å². The third kappa shape index (κ3) is 6.64. The largest absolute Gasteiger partial charge is 0.0654 e. The van der Waals surface area contributed by atoms with E-state index in [9.17, 15) is 0 Å². The van der Waals surface area contributed by atoms with Gasteiger partial charge in [0.1, 0.15) is 0 Å². The first-order valence-electron chi connectivity index (χ1n) is 9.58. The summed E-state index contributed by atoms with van der Waals surface area (Å²) in [5.74, 6) is 1.94. The highest BCUT2D eigenvalue weighted by Gasteiger charge is 2.32. The van der Waals surface area contributed by atoms with Crippen LogP contribution in [0.15, 0.2) is 0 Å². The molecule has 0 nitrogen and oxygen atoms in total. The first kappa shape index (κ1) is 18.1. The lowest BCUT2D eigenvalue weighted by Gasteiger charge is -2.39. The van der Waals surface area contributed by atoms with Crippen LogP contribution in [0.4, 0.5) is 0 Å². The zero-order valence-corrected chi connectivity index (χ0v) is 14.8. The Kier molecular flexibility index (Phi) is 8.89. The molecule has 0 amide bonds. The van der Waals surface area contributed by atoms with Gasteiger partial charge in [0, 0.05) is 0 Å². The van der Waals surface area contributed by atoms with Crippen LogP contribution in [0.3, 0.4) is 0 Å². The second kappa shape index (κ2) is 9.85. The van der Waals surface area contributed by atoms with Crippen molar-refractivity contribution in [1.29, 1.82) is 0 Å². The van der Waals surface area contributed by atoms with E-state index >= 15 is 0 Å². The molecular formula is C20H40. The molecule has 1 unspecified atom stereocenters. The molecule has 20 heavy (non-hydrogen) atoms. The molecule has 1 aliphatic carbocycles. The van der Waals surface area contributed by atoms with Crippen molar-refractivity contribution < 1.29 is 0 Å². The second-order valence-electron chi connectivity index (χ2n) is 8.05. The highest BCUT2D eigenvalue weighted by molar-refractivity contribution is 4.82. The molecule has 0 bridgehead atoms. The van der Waals surface area contributed by atoms with E-state index in [-0.39, 0.29) is 0 Å². The molecule has 1 rings (SSSR count). The average molecular weight is 281 g/mol. The standard InChI is InChI=1S/C20H40/c1-5-6-7-8-9-10-14-17-20(3,4)18(2)19-15-12-11-13-16-19/h18-19H,5-17H2,1-4H3. The molecule has 0 spiro atoms. The first-order chi connectivity index (χ1) is 9.58. The zero-order valence-electron chi connectivity index (χ0n) is 14.8. The summed E-state index contributed by atoms with van der Waals surface area (Å²) in [4.78, 5) is 0.